The van der Waals surface area contributed by atoms with E-state index in [2.05, 4.69) is 25.2 Å². The lowest BCUT2D eigenvalue weighted by Gasteiger charge is -2.17. The molecule has 1 aromatic rings. The number of nitrogens with zero attached hydrogens (tertiary/aromatic N) is 1. The lowest BCUT2D eigenvalue weighted by molar-refractivity contribution is 0.254. The normalized spacial score (nSPS) is 18.0. The smallest absolute Gasteiger partial charge is 0.125 e. The molecule has 0 saturated heterocycles. The van der Waals surface area contributed by atoms with E-state index in [0.717, 1.165) is 42.0 Å². The van der Waals surface area contributed by atoms with Crippen molar-refractivity contribution in [2.75, 3.05) is 13.2 Å². The van der Waals surface area contributed by atoms with Crippen LogP contribution in [0.15, 0.2) is 12.1 Å². The standard InChI is InChI=1S/C16H22N2O2/c1-4-6-18-14(10-17)13-9-15-12(7-11(3)20-15)8-16(13)19-5-2/h8-9,11,14,18H,4-7H2,1-3H3. The highest BCUT2D eigenvalue weighted by atomic mass is 16.5. The van der Waals surface area contributed by atoms with Gasteiger partial charge in [0.2, 0.25) is 0 Å². The maximum atomic E-state index is 9.39. The van der Waals surface area contributed by atoms with E-state index in [1.807, 2.05) is 19.1 Å². The molecule has 0 amide bonds. The predicted molar refractivity (Wildman–Crippen MR) is 78.1 cm³/mol. The highest BCUT2D eigenvalue weighted by molar-refractivity contribution is 5.51. The first-order valence-electron chi connectivity index (χ1n) is 7.28. The number of rotatable bonds is 6. The van der Waals surface area contributed by atoms with Gasteiger partial charge in [-0.2, -0.15) is 5.26 Å². The molecule has 2 unspecified atom stereocenters. The molecule has 20 heavy (non-hydrogen) atoms. The third-order valence-corrected chi connectivity index (χ3v) is 3.37. The summed E-state index contributed by atoms with van der Waals surface area (Å²) in [6.07, 6.45) is 2.08. The molecule has 4 heteroatoms. The number of nitrogens with one attached hydrogen (secondary N) is 1. The van der Waals surface area contributed by atoms with Crippen LogP contribution in [0, 0.1) is 11.3 Å². The fraction of sp³-hybridized carbons (Fsp3) is 0.562. The van der Waals surface area contributed by atoms with Crippen LogP contribution in [0.3, 0.4) is 0 Å². The van der Waals surface area contributed by atoms with Gasteiger partial charge in [-0.05, 0) is 38.9 Å². The molecule has 2 rings (SSSR count). The third-order valence-electron chi connectivity index (χ3n) is 3.37. The summed E-state index contributed by atoms with van der Waals surface area (Å²) in [6, 6.07) is 5.93. The second-order valence-corrected chi connectivity index (χ2v) is 5.08. The highest BCUT2D eigenvalue weighted by Gasteiger charge is 2.24. The summed E-state index contributed by atoms with van der Waals surface area (Å²) >= 11 is 0. The van der Waals surface area contributed by atoms with Gasteiger partial charge < -0.3 is 9.47 Å². The molecule has 0 bridgehead atoms. The second kappa shape index (κ2) is 6.62. The van der Waals surface area contributed by atoms with Gasteiger partial charge >= 0.3 is 0 Å². The van der Waals surface area contributed by atoms with Gasteiger partial charge in [-0.15, -0.1) is 0 Å². The number of benzene rings is 1. The molecule has 108 valence electrons. The Morgan fingerprint density at radius 2 is 2.30 bits per heavy atom. The Bertz CT molecular complexity index is 508. The Kier molecular flexibility index (Phi) is 4.86. The molecule has 0 radical (unpaired) electrons. The van der Waals surface area contributed by atoms with Crippen LogP contribution in [0.5, 0.6) is 11.5 Å². The lowest BCUT2D eigenvalue weighted by Crippen LogP contribution is -2.21. The van der Waals surface area contributed by atoms with Crippen LogP contribution in [-0.4, -0.2) is 19.3 Å². The quantitative estimate of drug-likeness (QED) is 0.866. The summed E-state index contributed by atoms with van der Waals surface area (Å²) < 4.78 is 11.5. The molecule has 2 atom stereocenters. The van der Waals surface area contributed by atoms with Crippen molar-refractivity contribution in [3.8, 4) is 17.6 Å². The third kappa shape index (κ3) is 3.05. The Hall–Kier alpha value is -1.73. The van der Waals surface area contributed by atoms with Crippen LogP contribution in [0.25, 0.3) is 0 Å². The minimum Gasteiger partial charge on any atom is -0.493 e. The fourth-order valence-electron chi connectivity index (χ4n) is 2.48. The molecule has 1 aliphatic rings. The van der Waals surface area contributed by atoms with Crippen LogP contribution < -0.4 is 14.8 Å². The Balaban J connectivity index is 2.35. The zero-order valence-electron chi connectivity index (χ0n) is 12.4. The summed E-state index contributed by atoms with van der Waals surface area (Å²) in [7, 11) is 0. The van der Waals surface area contributed by atoms with Crippen molar-refractivity contribution < 1.29 is 9.47 Å². The monoisotopic (exact) mass is 274 g/mol. The largest absolute Gasteiger partial charge is 0.493 e. The maximum absolute atomic E-state index is 9.39. The lowest BCUT2D eigenvalue weighted by atomic mass is 10.0. The second-order valence-electron chi connectivity index (χ2n) is 5.08. The van der Waals surface area contributed by atoms with Gasteiger partial charge in [-0.3, -0.25) is 5.32 Å². The molecular weight excluding hydrogens is 252 g/mol. The molecule has 0 aromatic heterocycles. The van der Waals surface area contributed by atoms with Crippen molar-refractivity contribution in [3.05, 3.63) is 23.3 Å². The van der Waals surface area contributed by atoms with E-state index in [9.17, 15) is 5.26 Å². The van der Waals surface area contributed by atoms with Gasteiger partial charge in [0.25, 0.3) is 0 Å². The minimum absolute atomic E-state index is 0.193. The number of hydrogen-bond donors (Lipinski definition) is 1. The van der Waals surface area contributed by atoms with E-state index in [1.54, 1.807) is 0 Å². The van der Waals surface area contributed by atoms with Crippen molar-refractivity contribution >= 4 is 0 Å². The van der Waals surface area contributed by atoms with E-state index in [1.165, 1.54) is 0 Å². The van der Waals surface area contributed by atoms with Crippen LogP contribution in [0.1, 0.15) is 44.4 Å². The first-order chi connectivity index (χ1) is 9.69. The van der Waals surface area contributed by atoms with Gasteiger partial charge in [0.05, 0.1) is 12.7 Å². The average Bonchev–Trinajstić information content (AvgIpc) is 2.79. The summed E-state index contributed by atoms with van der Waals surface area (Å²) in [5.41, 5.74) is 2.03. The Morgan fingerprint density at radius 1 is 1.50 bits per heavy atom. The molecule has 0 aliphatic carbocycles. The molecule has 4 nitrogen and oxygen atoms in total. The molecule has 1 aromatic carbocycles. The van der Waals surface area contributed by atoms with E-state index in [4.69, 9.17) is 9.47 Å². The maximum Gasteiger partial charge on any atom is 0.125 e. The zero-order valence-corrected chi connectivity index (χ0v) is 12.4. The van der Waals surface area contributed by atoms with Crippen LogP contribution in [-0.2, 0) is 6.42 Å². The van der Waals surface area contributed by atoms with Crippen molar-refractivity contribution in [2.45, 2.75) is 45.8 Å². The SMILES string of the molecule is CCCNC(C#N)c1cc2c(cc1OCC)CC(C)O2. The number of fused-ring (bicyclic) bond motifs is 1. The van der Waals surface area contributed by atoms with Gasteiger partial charge in [0.15, 0.2) is 0 Å². The molecule has 0 fully saturated rings. The summed E-state index contributed by atoms with van der Waals surface area (Å²) in [4.78, 5) is 0. The van der Waals surface area contributed by atoms with Crippen molar-refractivity contribution in [1.29, 1.82) is 5.26 Å². The van der Waals surface area contributed by atoms with Gasteiger partial charge in [-0.1, -0.05) is 6.92 Å². The van der Waals surface area contributed by atoms with Crippen molar-refractivity contribution in [2.24, 2.45) is 0 Å². The summed E-state index contributed by atoms with van der Waals surface area (Å²) in [5, 5.41) is 12.6. The van der Waals surface area contributed by atoms with Gasteiger partial charge in [-0.25, -0.2) is 0 Å². The first-order valence-corrected chi connectivity index (χ1v) is 7.28. The Labute approximate surface area is 120 Å². The van der Waals surface area contributed by atoms with Crippen LogP contribution >= 0.6 is 0 Å². The highest BCUT2D eigenvalue weighted by Crippen LogP contribution is 2.37. The average molecular weight is 274 g/mol. The van der Waals surface area contributed by atoms with Gasteiger partial charge in [0, 0.05) is 17.5 Å². The Morgan fingerprint density at radius 3 is 2.95 bits per heavy atom. The van der Waals surface area contributed by atoms with Crippen molar-refractivity contribution in [1.82, 2.24) is 5.32 Å². The summed E-state index contributed by atoms with van der Waals surface area (Å²) in [6.45, 7) is 7.48. The van der Waals surface area contributed by atoms with E-state index in [0.29, 0.717) is 6.61 Å². The van der Waals surface area contributed by atoms with E-state index in [-0.39, 0.29) is 12.1 Å². The fourth-order valence-corrected chi connectivity index (χ4v) is 2.48. The molecule has 1 aliphatic heterocycles. The molecule has 1 N–H and O–H groups in total. The topological polar surface area (TPSA) is 54.3 Å². The van der Waals surface area contributed by atoms with Crippen molar-refractivity contribution in [3.63, 3.8) is 0 Å². The predicted octanol–water partition coefficient (Wildman–Crippen LogP) is 2.97. The van der Waals surface area contributed by atoms with E-state index < -0.39 is 0 Å². The van der Waals surface area contributed by atoms with Gasteiger partial charge in [0.1, 0.15) is 23.6 Å². The van der Waals surface area contributed by atoms with E-state index >= 15 is 0 Å². The first kappa shape index (κ1) is 14.7. The number of ether oxygens (including phenoxy) is 2. The van der Waals surface area contributed by atoms with Crippen LogP contribution in [0.2, 0.25) is 0 Å². The zero-order chi connectivity index (χ0) is 14.5. The molecule has 0 saturated carbocycles. The summed E-state index contributed by atoms with van der Waals surface area (Å²) in [5.74, 6) is 1.67. The number of hydrogen-bond acceptors (Lipinski definition) is 4. The molecule has 0 spiro atoms. The van der Waals surface area contributed by atoms with Crippen LogP contribution in [0.4, 0.5) is 0 Å². The molecule has 1 heterocycles. The minimum atomic E-state index is -0.360. The number of nitriles is 1. The molecular formula is C16H22N2O2.